The summed E-state index contributed by atoms with van der Waals surface area (Å²) in [7, 11) is -3.75. The van der Waals surface area contributed by atoms with Crippen LogP contribution in [0.2, 0.25) is 0 Å². The Balaban J connectivity index is 1.74. The molecule has 0 saturated carbocycles. The van der Waals surface area contributed by atoms with Crippen molar-refractivity contribution in [1.29, 1.82) is 0 Å². The highest BCUT2D eigenvalue weighted by Gasteiger charge is 2.28. The molecule has 0 bridgehead atoms. The molecule has 0 radical (unpaired) electrons. The van der Waals surface area contributed by atoms with E-state index in [9.17, 15) is 23.1 Å². The Hall–Kier alpha value is -3.64. The number of sulfonamides is 1. The summed E-state index contributed by atoms with van der Waals surface area (Å²) < 4.78 is 34.2. The molecule has 1 aromatic carbocycles. The lowest BCUT2D eigenvalue weighted by Crippen LogP contribution is -2.33. The quantitative estimate of drug-likeness (QED) is 0.446. The van der Waals surface area contributed by atoms with Gasteiger partial charge in [0.05, 0.1) is 11.3 Å². The van der Waals surface area contributed by atoms with Crippen molar-refractivity contribution in [3.63, 3.8) is 0 Å². The summed E-state index contributed by atoms with van der Waals surface area (Å²) in [4.78, 5) is 29.9. The summed E-state index contributed by atoms with van der Waals surface area (Å²) in [5.41, 5.74) is 0.156. The number of ether oxygens (including phenoxy) is 2. The topological polar surface area (TPSA) is 162 Å². The van der Waals surface area contributed by atoms with Gasteiger partial charge in [-0.1, -0.05) is 12.1 Å². The maximum Gasteiger partial charge on any atom is 0.265 e. The Bertz CT molecular complexity index is 1350. The molecule has 3 aromatic rings. The maximum absolute atomic E-state index is 13.2. The molecule has 1 aliphatic rings. The highest BCUT2D eigenvalue weighted by atomic mass is 32.2. The van der Waals surface area contributed by atoms with E-state index in [0.717, 1.165) is 0 Å². The summed E-state index contributed by atoms with van der Waals surface area (Å²) in [5, 5.41) is 18.0. The van der Waals surface area contributed by atoms with Crippen LogP contribution in [0.4, 0.5) is 0 Å². The predicted molar refractivity (Wildman–Crippen MR) is 113 cm³/mol. The van der Waals surface area contributed by atoms with Gasteiger partial charge in [0.2, 0.25) is 28.6 Å². The van der Waals surface area contributed by atoms with E-state index in [1.54, 1.807) is 36.4 Å². The summed E-state index contributed by atoms with van der Waals surface area (Å²) in [6, 6.07) is 9.83. The Kier molecular flexibility index (Phi) is 5.72. The zero-order chi connectivity index (χ0) is 22.9. The minimum absolute atomic E-state index is 0.0446. The van der Waals surface area contributed by atoms with Crippen LogP contribution in [0.1, 0.15) is 23.5 Å². The molecule has 11 nitrogen and oxygen atoms in total. The monoisotopic (exact) mass is 460 g/mol. The number of primary sulfonamides is 1. The van der Waals surface area contributed by atoms with Gasteiger partial charge in [-0.2, -0.15) is 4.98 Å². The molecule has 0 saturated heterocycles. The van der Waals surface area contributed by atoms with Crippen molar-refractivity contribution in [3.8, 4) is 17.4 Å². The van der Waals surface area contributed by atoms with Gasteiger partial charge in [0.25, 0.3) is 5.56 Å². The first-order valence-corrected chi connectivity index (χ1v) is 11.3. The van der Waals surface area contributed by atoms with Crippen molar-refractivity contribution in [2.75, 3.05) is 19.1 Å². The number of aromatic hydroxyl groups is 1. The largest absolute Gasteiger partial charge is 0.493 e. The zero-order valence-electron chi connectivity index (χ0n) is 16.7. The average Bonchev–Trinajstić information content (AvgIpc) is 3.20. The molecule has 168 valence electrons. The van der Waals surface area contributed by atoms with Crippen LogP contribution in [-0.4, -0.2) is 47.9 Å². The van der Waals surface area contributed by atoms with Crippen LogP contribution in [-0.2, 0) is 14.8 Å². The highest BCUT2D eigenvalue weighted by molar-refractivity contribution is 7.89. The fourth-order valence-corrected chi connectivity index (χ4v) is 3.89. The second-order valence-electron chi connectivity index (χ2n) is 7.17. The number of nitrogens with two attached hydrogens (primary N) is 1. The van der Waals surface area contributed by atoms with Crippen molar-refractivity contribution >= 4 is 21.6 Å². The summed E-state index contributed by atoms with van der Waals surface area (Å²) >= 11 is 0. The lowest BCUT2D eigenvalue weighted by molar-refractivity contribution is -0.121. The fraction of sp³-hybridized carbons (Fsp3) is 0.250. The van der Waals surface area contributed by atoms with Crippen LogP contribution < -0.4 is 25.5 Å². The lowest BCUT2D eigenvalue weighted by Gasteiger charge is -2.19. The van der Waals surface area contributed by atoms with Crippen molar-refractivity contribution in [2.45, 2.75) is 12.3 Å². The van der Waals surface area contributed by atoms with Crippen molar-refractivity contribution in [2.24, 2.45) is 5.14 Å². The van der Waals surface area contributed by atoms with E-state index < -0.39 is 39.0 Å². The van der Waals surface area contributed by atoms with Gasteiger partial charge in [0, 0.05) is 25.1 Å². The number of benzene rings is 1. The van der Waals surface area contributed by atoms with Crippen molar-refractivity contribution in [1.82, 2.24) is 14.7 Å². The number of carbonyl (C=O) groups is 1. The molecule has 1 amide bonds. The Labute approximate surface area is 182 Å². The highest BCUT2D eigenvalue weighted by Crippen LogP contribution is 2.38. The molecule has 1 atom stereocenters. The molecule has 0 spiro atoms. The van der Waals surface area contributed by atoms with E-state index in [4.69, 9.17) is 14.6 Å². The molecular formula is C20H20N4O7S. The Morgan fingerprint density at radius 2 is 2.03 bits per heavy atom. The van der Waals surface area contributed by atoms with Gasteiger partial charge < -0.3 is 19.9 Å². The minimum atomic E-state index is -3.75. The number of hydrogen-bond donors (Lipinski definition) is 3. The third kappa shape index (κ3) is 4.50. The number of aromatic nitrogens is 2. The fourth-order valence-electron chi connectivity index (χ4n) is 3.50. The van der Waals surface area contributed by atoms with Gasteiger partial charge in [-0.05, 0) is 29.8 Å². The van der Waals surface area contributed by atoms with Crippen LogP contribution in [0.5, 0.6) is 17.4 Å². The minimum Gasteiger partial charge on any atom is -0.493 e. The van der Waals surface area contributed by atoms with Gasteiger partial charge in [-0.15, -0.1) is 0 Å². The molecule has 2 aromatic heterocycles. The molecular weight excluding hydrogens is 440 g/mol. The lowest BCUT2D eigenvalue weighted by atomic mass is 9.89. The summed E-state index contributed by atoms with van der Waals surface area (Å²) in [6.45, 7) is -0.143. The molecule has 1 unspecified atom stereocenters. The van der Waals surface area contributed by atoms with E-state index in [1.807, 2.05) is 0 Å². The number of fused-ring (bicyclic) bond motifs is 2. The normalized spacial score (nSPS) is 13.8. The third-order valence-electron chi connectivity index (χ3n) is 4.99. The number of hydrogen-bond acceptors (Lipinski definition) is 8. The zero-order valence-corrected chi connectivity index (χ0v) is 17.5. The molecule has 4 N–H and O–H groups in total. The Morgan fingerprint density at radius 3 is 2.81 bits per heavy atom. The second kappa shape index (κ2) is 8.48. The van der Waals surface area contributed by atoms with Crippen LogP contribution in [0.25, 0.3) is 5.65 Å². The third-order valence-corrected chi connectivity index (χ3v) is 5.77. The van der Waals surface area contributed by atoms with E-state index in [2.05, 4.69) is 10.3 Å². The predicted octanol–water partition coefficient (Wildman–Crippen LogP) is 0.0555. The number of nitrogens with one attached hydrogen (secondary N) is 1. The number of nitrogens with zero attached hydrogens (tertiary/aromatic N) is 2. The molecule has 3 heterocycles. The van der Waals surface area contributed by atoms with E-state index in [1.165, 1.54) is 10.6 Å². The first-order valence-electron chi connectivity index (χ1n) is 9.60. The Morgan fingerprint density at radius 1 is 1.25 bits per heavy atom. The SMILES string of the molecule is NS(=O)(=O)CCNC(=O)CC(c1ccc2c(c1)OCO2)c1c(O)nc2ccccn2c1=O. The molecule has 12 heteroatoms. The number of pyridine rings is 1. The molecule has 4 rings (SSSR count). The van der Waals surface area contributed by atoms with Crippen molar-refractivity contribution < 1.29 is 27.8 Å². The molecule has 32 heavy (non-hydrogen) atoms. The molecule has 1 aliphatic heterocycles. The van der Waals surface area contributed by atoms with E-state index >= 15 is 0 Å². The summed E-state index contributed by atoms with van der Waals surface area (Å²) in [5.74, 6) is -1.40. The van der Waals surface area contributed by atoms with Gasteiger partial charge in [0.15, 0.2) is 11.5 Å². The van der Waals surface area contributed by atoms with Gasteiger partial charge in [-0.3, -0.25) is 14.0 Å². The van der Waals surface area contributed by atoms with Crippen molar-refractivity contribution in [3.05, 3.63) is 64.1 Å². The number of carbonyl (C=O) groups excluding carboxylic acids is 1. The standard InChI is InChI=1S/C20H20N4O7S/c21-32(28,29)8-6-22-17(25)10-13(12-4-5-14-15(9-12)31-11-30-14)18-19(26)23-16-3-1-2-7-24(16)20(18)27/h1-5,7,9,13,26H,6,8,10-11H2,(H,22,25)(H2,21,28,29). The second-order valence-corrected chi connectivity index (χ2v) is 8.90. The molecule has 0 fully saturated rings. The number of rotatable bonds is 7. The smallest absolute Gasteiger partial charge is 0.265 e. The average molecular weight is 460 g/mol. The first kappa shape index (κ1) is 21.6. The van der Waals surface area contributed by atoms with Crippen LogP contribution >= 0.6 is 0 Å². The van der Waals surface area contributed by atoms with E-state index in [-0.39, 0.29) is 31.0 Å². The van der Waals surface area contributed by atoms with Gasteiger partial charge in [-0.25, -0.2) is 13.6 Å². The van der Waals surface area contributed by atoms with Gasteiger partial charge >= 0.3 is 0 Å². The van der Waals surface area contributed by atoms with Gasteiger partial charge in [0.1, 0.15) is 5.65 Å². The van der Waals surface area contributed by atoms with Crippen LogP contribution in [0, 0.1) is 0 Å². The van der Waals surface area contributed by atoms with Crippen LogP contribution in [0.3, 0.4) is 0 Å². The maximum atomic E-state index is 13.2. The molecule has 0 aliphatic carbocycles. The number of amides is 1. The van der Waals surface area contributed by atoms with E-state index in [0.29, 0.717) is 17.1 Å². The first-order chi connectivity index (χ1) is 15.2. The van der Waals surface area contributed by atoms with Crippen LogP contribution in [0.15, 0.2) is 47.4 Å². The summed E-state index contributed by atoms with van der Waals surface area (Å²) in [6.07, 6.45) is 1.25.